The van der Waals surface area contributed by atoms with Gasteiger partial charge in [-0.3, -0.25) is 4.79 Å². The van der Waals surface area contributed by atoms with Gasteiger partial charge in [0, 0.05) is 23.5 Å². The van der Waals surface area contributed by atoms with E-state index in [4.69, 9.17) is 4.74 Å². The highest BCUT2D eigenvalue weighted by atomic mass is 79.9. The molecule has 1 unspecified atom stereocenters. The Labute approximate surface area is 126 Å². The summed E-state index contributed by atoms with van der Waals surface area (Å²) in [7, 11) is -2.27. The van der Waals surface area contributed by atoms with Crippen LogP contribution in [0.3, 0.4) is 0 Å². The van der Waals surface area contributed by atoms with Gasteiger partial charge >= 0.3 is 0 Å². The maximum Gasteiger partial charge on any atom is 0.244 e. The SMILES string of the molecule is COc1ccc(Br)cc1S(=O)(=O)NCC1CCC(=O)N1. The molecule has 0 aliphatic carbocycles. The minimum absolute atomic E-state index is 0.0470. The molecule has 0 saturated carbocycles. The molecular weight excluding hydrogens is 348 g/mol. The number of amides is 1. The van der Waals surface area contributed by atoms with Gasteiger partial charge < -0.3 is 10.1 Å². The van der Waals surface area contributed by atoms with Gasteiger partial charge in [-0.1, -0.05) is 15.9 Å². The number of ether oxygens (including phenoxy) is 1. The summed E-state index contributed by atoms with van der Waals surface area (Å²) in [5.74, 6) is 0.227. The van der Waals surface area contributed by atoms with Crippen LogP contribution in [0.25, 0.3) is 0 Å². The fourth-order valence-electron chi connectivity index (χ4n) is 1.98. The van der Waals surface area contributed by atoms with E-state index in [1.54, 1.807) is 12.1 Å². The van der Waals surface area contributed by atoms with Gasteiger partial charge in [0.1, 0.15) is 10.6 Å². The van der Waals surface area contributed by atoms with E-state index in [9.17, 15) is 13.2 Å². The standard InChI is InChI=1S/C12H15BrN2O4S/c1-19-10-4-2-8(13)6-11(10)20(17,18)14-7-9-3-5-12(16)15-9/h2,4,6,9,14H,3,5,7H2,1H3,(H,15,16). The maximum atomic E-state index is 12.3. The second kappa shape index (κ2) is 6.11. The molecule has 0 aromatic heterocycles. The molecule has 6 nitrogen and oxygen atoms in total. The van der Waals surface area contributed by atoms with Crippen molar-refractivity contribution in [2.45, 2.75) is 23.8 Å². The van der Waals surface area contributed by atoms with Crippen molar-refractivity contribution < 1.29 is 17.9 Å². The Morgan fingerprint density at radius 1 is 1.50 bits per heavy atom. The number of carbonyl (C=O) groups excluding carboxylic acids is 1. The van der Waals surface area contributed by atoms with Crippen molar-refractivity contribution in [3.8, 4) is 5.75 Å². The minimum atomic E-state index is -3.69. The quantitative estimate of drug-likeness (QED) is 0.818. The van der Waals surface area contributed by atoms with Crippen LogP contribution < -0.4 is 14.8 Å². The summed E-state index contributed by atoms with van der Waals surface area (Å²) in [6, 6.07) is 4.61. The molecule has 1 aromatic rings. The molecule has 1 amide bonds. The third kappa shape index (κ3) is 3.50. The Kier molecular flexibility index (Phi) is 4.66. The van der Waals surface area contributed by atoms with Crippen LogP contribution in [0.2, 0.25) is 0 Å². The third-order valence-electron chi connectivity index (χ3n) is 3.02. The highest BCUT2D eigenvalue weighted by Gasteiger charge is 2.25. The predicted molar refractivity (Wildman–Crippen MR) is 77.0 cm³/mol. The zero-order chi connectivity index (χ0) is 14.8. The van der Waals surface area contributed by atoms with Gasteiger partial charge in [-0.2, -0.15) is 0 Å². The molecule has 20 heavy (non-hydrogen) atoms. The number of hydrogen-bond acceptors (Lipinski definition) is 4. The fourth-order valence-corrected chi connectivity index (χ4v) is 3.77. The summed E-state index contributed by atoms with van der Waals surface area (Å²) in [5.41, 5.74) is 0. The highest BCUT2D eigenvalue weighted by Crippen LogP contribution is 2.27. The zero-order valence-electron chi connectivity index (χ0n) is 10.8. The molecule has 0 radical (unpaired) electrons. The lowest BCUT2D eigenvalue weighted by atomic mass is 10.2. The molecular formula is C12H15BrN2O4S. The van der Waals surface area contributed by atoms with Gasteiger partial charge in [-0.05, 0) is 24.6 Å². The van der Waals surface area contributed by atoms with Crippen molar-refractivity contribution in [1.82, 2.24) is 10.0 Å². The van der Waals surface area contributed by atoms with Crippen LogP contribution in [0.4, 0.5) is 0 Å². The molecule has 2 rings (SSSR count). The lowest BCUT2D eigenvalue weighted by Gasteiger charge is -2.14. The van der Waals surface area contributed by atoms with Gasteiger partial charge in [-0.25, -0.2) is 13.1 Å². The number of halogens is 1. The largest absolute Gasteiger partial charge is 0.495 e. The molecule has 0 spiro atoms. The molecule has 110 valence electrons. The Morgan fingerprint density at radius 3 is 2.85 bits per heavy atom. The topological polar surface area (TPSA) is 84.5 Å². The van der Waals surface area contributed by atoms with E-state index in [0.717, 1.165) is 0 Å². The maximum absolute atomic E-state index is 12.3. The van der Waals surface area contributed by atoms with E-state index in [-0.39, 0.29) is 29.1 Å². The first kappa shape index (κ1) is 15.3. The van der Waals surface area contributed by atoms with Crippen LogP contribution in [0.5, 0.6) is 5.75 Å². The van der Waals surface area contributed by atoms with Crippen LogP contribution in [0.1, 0.15) is 12.8 Å². The molecule has 8 heteroatoms. The van der Waals surface area contributed by atoms with E-state index in [1.807, 2.05) is 0 Å². The van der Waals surface area contributed by atoms with Crippen molar-refractivity contribution >= 4 is 31.9 Å². The summed E-state index contributed by atoms with van der Waals surface area (Å²) in [5, 5.41) is 2.71. The van der Waals surface area contributed by atoms with Crippen molar-refractivity contribution in [3.05, 3.63) is 22.7 Å². The average molecular weight is 363 g/mol. The first-order valence-electron chi connectivity index (χ1n) is 6.05. The second-order valence-electron chi connectivity index (χ2n) is 4.45. The lowest BCUT2D eigenvalue weighted by molar-refractivity contribution is -0.119. The molecule has 1 aliphatic heterocycles. The molecule has 1 aliphatic rings. The molecule has 1 heterocycles. The van der Waals surface area contributed by atoms with E-state index in [0.29, 0.717) is 17.3 Å². The van der Waals surface area contributed by atoms with Gasteiger partial charge in [0.2, 0.25) is 15.9 Å². The second-order valence-corrected chi connectivity index (χ2v) is 7.10. The van der Waals surface area contributed by atoms with E-state index >= 15 is 0 Å². The van der Waals surface area contributed by atoms with Crippen LogP contribution in [0.15, 0.2) is 27.6 Å². The van der Waals surface area contributed by atoms with Crippen LogP contribution >= 0.6 is 15.9 Å². The van der Waals surface area contributed by atoms with Gasteiger partial charge in [-0.15, -0.1) is 0 Å². The summed E-state index contributed by atoms with van der Waals surface area (Å²) < 4.78 is 32.8. The molecule has 1 fully saturated rings. The monoisotopic (exact) mass is 362 g/mol. The third-order valence-corrected chi connectivity index (χ3v) is 4.96. The number of benzene rings is 1. The van der Waals surface area contributed by atoms with E-state index in [1.165, 1.54) is 13.2 Å². The van der Waals surface area contributed by atoms with Crippen LogP contribution in [0, 0.1) is 0 Å². The van der Waals surface area contributed by atoms with Gasteiger partial charge in [0.15, 0.2) is 0 Å². The summed E-state index contributed by atoms with van der Waals surface area (Å²) in [4.78, 5) is 11.1. The van der Waals surface area contributed by atoms with Crippen molar-refractivity contribution in [3.63, 3.8) is 0 Å². The lowest BCUT2D eigenvalue weighted by Crippen LogP contribution is -2.38. The number of hydrogen-bond donors (Lipinski definition) is 2. The Morgan fingerprint density at radius 2 is 2.25 bits per heavy atom. The summed E-state index contributed by atoms with van der Waals surface area (Å²) >= 11 is 3.24. The van der Waals surface area contributed by atoms with Crippen molar-refractivity contribution in [2.24, 2.45) is 0 Å². The number of methoxy groups -OCH3 is 1. The van der Waals surface area contributed by atoms with Crippen LogP contribution in [-0.4, -0.2) is 34.0 Å². The Bertz CT molecular complexity index is 618. The summed E-state index contributed by atoms with van der Waals surface area (Å²) in [6.07, 6.45) is 1.07. The van der Waals surface area contributed by atoms with Crippen LogP contribution in [-0.2, 0) is 14.8 Å². The molecule has 2 N–H and O–H groups in total. The molecule has 1 aromatic carbocycles. The number of rotatable bonds is 5. The number of nitrogens with one attached hydrogen (secondary N) is 2. The van der Waals surface area contributed by atoms with E-state index < -0.39 is 10.0 Å². The zero-order valence-corrected chi connectivity index (χ0v) is 13.3. The fraction of sp³-hybridized carbons (Fsp3) is 0.417. The van der Waals surface area contributed by atoms with Gasteiger partial charge in [0.25, 0.3) is 0 Å². The first-order valence-corrected chi connectivity index (χ1v) is 8.32. The van der Waals surface area contributed by atoms with Gasteiger partial charge in [0.05, 0.1) is 7.11 Å². The smallest absolute Gasteiger partial charge is 0.244 e. The normalized spacial score (nSPS) is 18.9. The minimum Gasteiger partial charge on any atom is -0.495 e. The average Bonchev–Trinajstić information content (AvgIpc) is 2.82. The van der Waals surface area contributed by atoms with Crippen molar-refractivity contribution in [2.75, 3.05) is 13.7 Å². The molecule has 0 bridgehead atoms. The number of sulfonamides is 1. The number of carbonyl (C=O) groups is 1. The summed E-state index contributed by atoms with van der Waals surface area (Å²) in [6.45, 7) is 0.170. The molecule has 1 atom stereocenters. The predicted octanol–water partition coefficient (Wildman–Crippen LogP) is 1.01. The Hall–Kier alpha value is -1.12. The highest BCUT2D eigenvalue weighted by molar-refractivity contribution is 9.10. The molecule has 1 saturated heterocycles. The Balaban J connectivity index is 2.14. The van der Waals surface area contributed by atoms with E-state index in [2.05, 4.69) is 26.0 Å². The van der Waals surface area contributed by atoms with Crippen molar-refractivity contribution in [1.29, 1.82) is 0 Å². The first-order chi connectivity index (χ1) is 9.42.